The van der Waals surface area contributed by atoms with Gasteiger partial charge in [0.05, 0.1) is 6.04 Å². The Hall–Kier alpha value is -2.93. The summed E-state index contributed by atoms with van der Waals surface area (Å²) in [6.45, 7) is 1.96. The third kappa shape index (κ3) is 3.64. The van der Waals surface area contributed by atoms with Crippen LogP contribution in [0.4, 0.5) is 0 Å². The second kappa shape index (κ2) is 7.36. The van der Waals surface area contributed by atoms with Crippen LogP contribution >= 0.6 is 11.3 Å². The number of nitrogens with zero attached hydrogens (tertiary/aromatic N) is 3. The Morgan fingerprint density at radius 3 is 2.85 bits per heavy atom. The summed E-state index contributed by atoms with van der Waals surface area (Å²) >= 11 is 1.57. The van der Waals surface area contributed by atoms with Crippen LogP contribution < -0.4 is 0 Å². The number of benzene rings is 1. The number of carbonyl (C=O) groups excluding carboxylic acids is 1. The molecule has 1 amide bonds. The van der Waals surface area contributed by atoms with Gasteiger partial charge in [0.25, 0.3) is 0 Å². The van der Waals surface area contributed by atoms with E-state index in [-0.39, 0.29) is 11.9 Å². The highest BCUT2D eigenvalue weighted by Gasteiger charge is 2.21. The van der Waals surface area contributed by atoms with Crippen LogP contribution in [0.25, 0.3) is 22.4 Å². The normalized spacial score (nSPS) is 12.4. The van der Waals surface area contributed by atoms with Gasteiger partial charge in [-0.3, -0.25) is 4.79 Å². The molecule has 3 heterocycles. The van der Waals surface area contributed by atoms with Crippen LogP contribution in [0.2, 0.25) is 0 Å². The molecule has 0 radical (unpaired) electrons. The molecule has 3 aromatic heterocycles. The molecule has 0 aliphatic rings. The zero-order valence-corrected chi connectivity index (χ0v) is 15.9. The number of fused-ring (bicyclic) bond motifs is 1. The Kier molecular flexibility index (Phi) is 4.77. The molecule has 7 heteroatoms. The van der Waals surface area contributed by atoms with Crippen LogP contribution in [0, 0.1) is 0 Å². The van der Waals surface area contributed by atoms with E-state index in [1.165, 1.54) is 0 Å². The summed E-state index contributed by atoms with van der Waals surface area (Å²) in [6, 6.07) is 11.6. The van der Waals surface area contributed by atoms with Crippen LogP contribution in [0.1, 0.15) is 31.0 Å². The van der Waals surface area contributed by atoms with Gasteiger partial charge in [-0.25, -0.2) is 0 Å². The van der Waals surface area contributed by atoms with Crippen molar-refractivity contribution in [3.05, 3.63) is 58.8 Å². The van der Waals surface area contributed by atoms with Gasteiger partial charge < -0.3 is 13.7 Å². The monoisotopic (exact) mass is 381 g/mol. The molecule has 0 unspecified atom stereocenters. The molecule has 0 aliphatic heterocycles. The number of para-hydroxylation sites is 1. The summed E-state index contributed by atoms with van der Waals surface area (Å²) < 4.78 is 11.5. The molecular formula is C20H19N3O3S. The molecule has 0 bridgehead atoms. The van der Waals surface area contributed by atoms with Crippen molar-refractivity contribution in [3.63, 3.8) is 0 Å². The lowest BCUT2D eigenvalue weighted by atomic mass is 10.2. The minimum Gasteiger partial charge on any atom is -0.459 e. The first-order valence-corrected chi connectivity index (χ1v) is 9.65. The van der Waals surface area contributed by atoms with E-state index in [1.54, 1.807) is 23.3 Å². The van der Waals surface area contributed by atoms with Crippen molar-refractivity contribution in [1.29, 1.82) is 0 Å². The van der Waals surface area contributed by atoms with E-state index in [1.807, 2.05) is 54.1 Å². The van der Waals surface area contributed by atoms with Crippen LogP contribution in [-0.2, 0) is 11.2 Å². The Balaban J connectivity index is 1.38. The standard InChI is InChI=1S/C20H19N3O3S/c1-13(17-11-14-5-3-4-6-16(14)25-17)23(2)19(24)8-7-18-21-22-20(26-18)15-9-10-27-12-15/h3-6,9-13H,7-8H2,1-2H3/t13-/m1/s1. The number of aromatic nitrogens is 2. The van der Waals surface area contributed by atoms with Crippen LogP contribution in [0.3, 0.4) is 0 Å². The molecule has 6 nitrogen and oxygen atoms in total. The molecular weight excluding hydrogens is 362 g/mol. The predicted octanol–water partition coefficient (Wildman–Crippen LogP) is 4.70. The zero-order valence-electron chi connectivity index (χ0n) is 15.1. The first-order valence-electron chi connectivity index (χ1n) is 8.71. The zero-order chi connectivity index (χ0) is 18.8. The number of carbonyl (C=O) groups is 1. The average Bonchev–Trinajstić information content (AvgIpc) is 3.44. The summed E-state index contributed by atoms with van der Waals surface area (Å²) in [6.07, 6.45) is 0.708. The molecule has 0 saturated carbocycles. The molecule has 4 aromatic rings. The quantitative estimate of drug-likeness (QED) is 0.484. The lowest BCUT2D eigenvalue weighted by molar-refractivity contribution is -0.132. The van der Waals surface area contributed by atoms with Gasteiger partial charge >= 0.3 is 0 Å². The largest absolute Gasteiger partial charge is 0.459 e. The fourth-order valence-corrected chi connectivity index (χ4v) is 3.49. The first kappa shape index (κ1) is 17.5. The molecule has 138 valence electrons. The molecule has 0 aliphatic carbocycles. The van der Waals surface area contributed by atoms with Gasteiger partial charge in [0.2, 0.25) is 17.7 Å². The minimum absolute atomic E-state index is 0.00163. The van der Waals surface area contributed by atoms with Crippen molar-refractivity contribution in [2.75, 3.05) is 7.05 Å². The van der Waals surface area contributed by atoms with Crippen molar-refractivity contribution >= 4 is 28.2 Å². The molecule has 0 spiro atoms. The van der Waals surface area contributed by atoms with Crippen LogP contribution in [0.15, 0.2) is 56.0 Å². The first-order chi connectivity index (χ1) is 13.1. The van der Waals surface area contributed by atoms with E-state index in [2.05, 4.69) is 10.2 Å². The Bertz CT molecular complexity index is 1020. The maximum atomic E-state index is 12.6. The summed E-state index contributed by atoms with van der Waals surface area (Å²) in [5.74, 6) is 1.72. The Morgan fingerprint density at radius 2 is 2.07 bits per heavy atom. The molecule has 1 atom stereocenters. The van der Waals surface area contributed by atoms with Gasteiger partial charge in [-0.15, -0.1) is 10.2 Å². The Labute approximate surface area is 160 Å². The lowest BCUT2D eigenvalue weighted by Gasteiger charge is -2.23. The van der Waals surface area contributed by atoms with Gasteiger partial charge in [0, 0.05) is 36.2 Å². The highest BCUT2D eigenvalue weighted by atomic mass is 32.1. The molecule has 4 rings (SSSR count). The van der Waals surface area contributed by atoms with Crippen LogP contribution in [0.5, 0.6) is 0 Å². The highest BCUT2D eigenvalue weighted by Crippen LogP contribution is 2.27. The van der Waals surface area contributed by atoms with E-state index < -0.39 is 0 Å². The maximum absolute atomic E-state index is 12.6. The second-order valence-electron chi connectivity index (χ2n) is 6.38. The number of amides is 1. The smallest absolute Gasteiger partial charge is 0.248 e. The van der Waals surface area contributed by atoms with E-state index in [4.69, 9.17) is 8.83 Å². The van der Waals surface area contributed by atoms with Crippen LogP contribution in [-0.4, -0.2) is 28.1 Å². The van der Waals surface area contributed by atoms with Gasteiger partial charge in [-0.05, 0) is 30.5 Å². The second-order valence-corrected chi connectivity index (χ2v) is 7.16. The fourth-order valence-electron chi connectivity index (χ4n) is 2.86. The number of furan rings is 1. The van der Waals surface area contributed by atoms with Gasteiger partial charge in [-0.1, -0.05) is 18.2 Å². The van der Waals surface area contributed by atoms with Gasteiger partial charge in [-0.2, -0.15) is 11.3 Å². The van der Waals surface area contributed by atoms with Gasteiger partial charge in [0.15, 0.2) is 0 Å². The maximum Gasteiger partial charge on any atom is 0.248 e. The number of aryl methyl sites for hydroxylation is 1. The SMILES string of the molecule is C[C@H](c1cc2ccccc2o1)N(C)C(=O)CCc1nnc(-c2ccsc2)o1. The van der Waals surface area contributed by atoms with Crippen molar-refractivity contribution in [2.45, 2.75) is 25.8 Å². The molecule has 0 saturated heterocycles. The van der Waals surface area contributed by atoms with Crippen molar-refractivity contribution in [3.8, 4) is 11.5 Å². The summed E-state index contributed by atoms with van der Waals surface area (Å²) in [5, 5.41) is 13.0. The summed E-state index contributed by atoms with van der Waals surface area (Å²) in [7, 11) is 1.78. The van der Waals surface area contributed by atoms with E-state index in [0.717, 1.165) is 22.3 Å². The summed E-state index contributed by atoms with van der Waals surface area (Å²) in [4.78, 5) is 14.3. The number of hydrogen-bond donors (Lipinski definition) is 0. The van der Waals surface area contributed by atoms with E-state index >= 15 is 0 Å². The fraction of sp³-hybridized carbons (Fsp3) is 0.250. The van der Waals surface area contributed by atoms with E-state index in [0.29, 0.717) is 24.6 Å². The van der Waals surface area contributed by atoms with Crippen molar-refractivity contribution < 1.29 is 13.6 Å². The minimum atomic E-state index is -0.158. The Morgan fingerprint density at radius 1 is 1.22 bits per heavy atom. The lowest BCUT2D eigenvalue weighted by Crippen LogP contribution is -2.29. The number of thiophene rings is 1. The summed E-state index contributed by atoms with van der Waals surface area (Å²) in [5.41, 5.74) is 1.73. The topological polar surface area (TPSA) is 72.4 Å². The highest BCUT2D eigenvalue weighted by molar-refractivity contribution is 7.08. The number of hydrogen-bond acceptors (Lipinski definition) is 6. The van der Waals surface area contributed by atoms with E-state index in [9.17, 15) is 4.79 Å². The third-order valence-corrected chi connectivity index (χ3v) is 5.30. The predicted molar refractivity (Wildman–Crippen MR) is 103 cm³/mol. The number of rotatable bonds is 6. The molecule has 0 N–H and O–H groups in total. The molecule has 1 aromatic carbocycles. The molecule has 27 heavy (non-hydrogen) atoms. The molecule has 0 fully saturated rings. The average molecular weight is 381 g/mol. The van der Waals surface area contributed by atoms with Gasteiger partial charge in [0.1, 0.15) is 11.3 Å². The van der Waals surface area contributed by atoms with Crippen molar-refractivity contribution in [1.82, 2.24) is 15.1 Å². The van der Waals surface area contributed by atoms with Crippen molar-refractivity contribution in [2.24, 2.45) is 0 Å². The third-order valence-electron chi connectivity index (χ3n) is 4.62.